The van der Waals surface area contributed by atoms with E-state index in [2.05, 4.69) is 25.3 Å². The van der Waals surface area contributed by atoms with Crippen molar-refractivity contribution in [3.05, 3.63) is 25.3 Å². The molecule has 10 unspecified atom stereocenters. The van der Waals surface area contributed by atoms with E-state index in [1.807, 2.05) is 14.2 Å². The van der Waals surface area contributed by atoms with Crippen LogP contribution < -0.4 is 0 Å². The summed E-state index contributed by atoms with van der Waals surface area (Å²) in [6.45, 7) is 4.69. The maximum absolute atomic E-state index is 6.24. The molecule has 3 heteroatoms. The molecule has 0 aromatic heterocycles. The van der Waals surface area contributed by atoms with Gasteiger partial charge in [-0.25, -0.2) is 0 Å². The minimum atomic E-state index is -3.44. The van der Waals surface area contributed by atoms with E-state index in [0.29, 0.717) is 12.2 Å². The molecular formula is C20H26FeO2. The third-order valence-electron chi connectivity index (χ3n) is 17.3. The molecule has 10 fully saturated rings. The molecule has 10 atom stereocenters. The molecule has 0 amide bonds. The summed E-state index contributed by atoms with van der Waals surface area (Å²) in [6, 6.07) is 0. The van der Waals surface area contributed by atoms with Gasteiger partial charge in [-0.3, -0.25) is 0 Å². The predicted octanol–water partition coefficient (Wildman–Crippen LogP) is 5.30. The first-order valence-electron chi connectivity index (χ1n) is 9.46. The van der Waals surface area contributed by atoms with Gasteiger partial charge in [-0.2, -0.15) is 0 Å². The van der Waals surface area contributed by atoms with Crippen molar-refractivity contribution in [3.63, 3.8) is 0 Å². The summed E-state index contributed by atoms with van der Waals surface area (Å²) in [6.07, 6.45) is 7.53. The summed E-state index contributed by atoms with van der Waals surface area (Å²) in [5, 5.41) is 0. The average molecular weight is 354 g/mol. The number of rotatable bonds is 8. The Morgan fingerprint density at radius 2 is 1.17 bits per heavy atom. The standard InChI is InChI=1S/2C10H13O.Fe/c2*1-3-6-10(11-2)9-7-4-5-8-9;/h2*3-5,7-8,10H,1,6H2,2H3;. The molecule has 2 nitrogen and oxygen atoms in total. The number of hydrogen-bond acceptors (Lipinski definition) is 2. The van der Waals surface area contributed by atoms with Crippen LogP contribution >= 0.6 is 0 Å². The van der Waals surface area contributed by atoms with Gasteiger partial charge in [-0.05, 0) is 0 Å². The van der Waals surface area contributed by atoms with Gasteiger partial charge >= 0.3 is 128 Å². The van der Waals surface area contributed by atoms with Crippen LogP contribution in [0.15, 0.2) is 25.3 Å². The summed E-state index contributed by atoms with van der Waals surface area (Å²) >= 11 is 0. The first-order chi connectivity index (χ1) is 11.0. The fraction of sp³-hybridized carbons (Fsp3) is 0.800. The number of hydrogen-bond donors (Lipinski definition) is 0. The van der Waals surface area contributed by atoms with Crippen molar-refractivity contribution in [1.29, 1.82) is 0 Å². The molecule has 0 aromatic carbocycles. The molecule has 0 radical (unpaired) electrons. The fourth-order valence-corrected chi connectivity index (χ4v) is 97.8. The first kappa shape index (κ1) is 10.8. The molecule has 1 spiro atoms. The van der Waals surface area contributed by atoms with E-state index in [1.54, 1.807) is 0 Å². The molecule has 10 saturated heterocycles. The summed E-state index contributed by atoms with van der Waals surface area (Å²) in [7, 11) is 3.98. The van der Waals surface area contributed by atoms with Gasteiger partial charge in [0.15, 0.2) is 0 Å². The molecule has 0 N–H and O–H groups in total. The Hall–Kier alpha value is -0.0805. The fourth-order valence-electron chi connectivity index (χ4n) is 19.9. The van der Waals surface area contributed by atoms with E-state index in [0.717, 1.165) is 21.5 Å². The third kappa shape index (κ3) is 0.142. The molecule has 0 saturated carbocycles. The van der Waals surface area contributed by atoms with Crippen LogP contribution in [0.1, 0.15) is 12.8 Å². The summed E-state index contributed by atoms with van der Waals surface area (Å²) < 4.78 is 14.0. The molecular weight excluding hydrogens is 328 g/mol. The van der Waals surface area contributed by atoms with Crippen molar-refractivity contribution in [2.24, 2.45) is 0 Å². The second-order valence-electron chi connectivity index (χ2n) is 12.4. The minimum absolute atomic E-state index is 0.520. The Morgan fingerprint density at radius 1 is 0.826 bits per heavy atom. The number of fused-ring (bicyclic) bond motifs is 10. The summed E-state index contributed by atoms with van der Waals surface area (Å²) in [5.41, 5.74) is 0. The van der Waals surface area contributed by atoms with Crippen LogP contribution in [-0.4, -0.2) is 26.4 Å². The van der Waals surface area contributed by atoms with Crippen LogP contribution in [0.4, 0.5) is 0 Å². The zero-order chi connectivity index (χ0) is 15.3. The van der Waals surface area contributed by atoms with E-state index in [-0.39, 0.29) is 0 Å². The van der Waals surface area contributed by atoms with Crippen LogP contribution in [0.5, 0.6) is 0 Å². The van der Waals surface area contributed by atoms with Crippen molar-refractivity contribution in [2.75, 3.05) is 14.2 Å². The molecule has 10 heterocycles. The summed E-state index contributed by atoms with van der Waals surface area (Å²) in [5.74, 6) is 0. The van der Waals surface area contributed by atoms with E-state index in [4.69, 9.17) is 9.47 Å². The van der Waals surface area contributed by atoms with Crippen LogP contribution in [0.2, 0.25) is 47.2 Å². The van der Waals surface area contributed by atoms with Crippen molar-refractivity contribution in [2.45, 2.75) is 72.2 Å². The van der Waals surface area contributed by atoms with Crippen molar-refractivity contribution >= 4 is 0 Å². The van der Waals surface area contributed by atoms with Crippen LogP contribution in [0, 0.1) is 0 Å². The second kappa shape index (κ2) is 1.11. The summed E-state index contributed by atoms with van der Waals surface area (Å²) in [4.78, 5) is 9.97. The van der Waals surface area contributed by atoms with Gasteiger partial charge < -0.3 is 0 Å². The second-order valence-corrected chi connectivity index (χ2v) is 35.7. The van der Waals surface area contributed by atoms with E-state index in [9.17, 15) is 0 Å². The van der Waals surface area contributed by atoms with Gasteiger partial charge in [0.1, 0.15) is 0 Å². The number of ether oxygens (including phenoxy) is 2. The monoisotopic (exact) mass is 354 g/mol. The SMILES string of the molecule is C=CCC(OC)[C]12[CH]3[CH]4[CH]5[CH]1[Fe]45321678[CH]2[CH]1[CH]6[C]7(C(CC=C)OC)[CH]28. The van der Waals surface area contributed by atoms with Crippen molar-refractivity contribution < 1.29 is 16.0 Å². The maximum atomic E-state index is 6.24. The van der Waals surface area contributed by atoms with E-state index in [1.165, 1.54) is 38.5 Å². The zero-order valence-electron chi connectivity index (χ0n) is 13.9. The average Bonchev–Trinajstić information content (AvgIpc) is 3.50. The molecule has 23 heavy (non-hydrogen) atoms. The number of methoxy groups -OCH3 is 2. The first-order valence-corrected chi connectivity index (χ1v) is 15.7. The van der Waals surface area contributed by atoms with Gasteiger partial charge in [0.2, 0.25) is 0 Å². The Kier molecular flexibility index (Phi) is 0.522. The van der Waals surface area contributed by atoms with Gasteiger partial charge in [-0.15, -0.1) is 0 Å². The van der Waals surface area contributed by atoms with E-state index < -0.39 is 6.51 Å². The Morgan fingerprint density at radius 3 is 1.39 bits per heavy atom. The zero-order valence-corrected chi connectivity index (χ0v) is 15.0. The molecule has 126 valence electrons. The molecule has 0 aromatic rings. The van der Waals surface area contributed by atoms with Gasteiger partial charge in [0, 0.05) is 0 Å². The molecule has 10 rings (SSSR count). The van der Waals surface area contributed by atoms with Crippen LogP contribution in [0.25, 0.3) is 0 Å². The van der Waals surface area contributed by atoms with Crippen LogP contribution in [0.3, 0.4) is 0 Å². The molecule has 10 aliphatic heterocycles. The Labute approximate surface area is 128 Å². The molecule has 10 aliphatic rings. The third-order valence-corrected chi connectivity index (χ3v) is 60.7. The van der Waals surface area contributed by atoms with Crippen LogP contribution in [-0.2, 0) is 16.0 Å². The van der Waals surface area contributed by atoms with Gasteiger partial charge in [0.25, 0.3) is 0 Å². The molecule has 0 bridgehead atoms. The van der Waals surface area contributed by atoms with Gasteiger partial charge in [-0.1, -0.05) is 0 Å². The molecule has 0 aliphatic carbocycles. The predicted molar refractivity (Wildman–Crippen MR) is 86.6 cm³/mol. The quantitative estimate of drug-likeness (QED) is 0.435. The van der Waals surface area contributed by atoms with Gasteiger partial charge in [0.05, 0.1) is 0 Å². The Bertz CT molecular complexity index is 1060. The Balaban J connectivity index is 1.37. The normalized spacial score (nSPS) is 97.0. The topological polar surface area (TPSA) is 18.5 Å². The van der Waals surface area contributed by atoms with E-state index >= 15 is 0 Å². The van der Waals surface area contributed by atoms with Crippen molar-refractivity contribution in [1.82, 2.24) is 0 Å². The van der Waals surface area contributed by atoms with Crippen molar-refractivity contribution in [3.8, 4) is 0 Å².